The van der Waals surface area contributed by atoms with Crippen molar-refractivity contribution >= 4 is 29.9 Å². The van der Waals surface area contributed by atoms with Gasteiger partial charge in [-0.2, -0.15) is 0 Å². The van der Waals surface area contributed by atoms with Crippen LogP contribution >= 0.6 is 24.0 Å². The van der Waals surface area contributed by atoms with E-state index in [1.54, 1.807) is 12.1 Å². The molecule has 0 radical (unpaired) electrons. The zero-order valence-corrected chi connectivity index (χ0v) is 19.1. The molecule has 0 amide bonds. The minimum Gasteiger partial charge on any atom is -0.508 e. The van der Waals surface area contributed by atoms with Crippen molar-refractivity contribution in [3.05, 3.63) is 29.8 Å². The Morgan fingerprint density at radius 3 is 2.63 bits per heavy atom. The summed E-state index contributed by atoms with van der Waals surface area (Å²) in [4.78, 5) is 7.18. The normalized spacial score (nSPS) is 16.7. The number of guanidine groups is 1. The van der Waals surface area contributed by atoms with E-state index < -0.39 is 0 Å². The lowest BCUT2D eigenvalue weighted by Gasteiger charge is -2.35. The molecule has 1 atom stereocenters. The summed E-state index contributed by atoms with van der Waals surface area (Å²) in [6.45, 7) is 12.5. The summed E-state index contributed by atoms with van der Waals surface area (Å²) in [7, 11) is 0. The Kier molecular flexibility index (Phi) is 11.7. The van der Waals surface area contributed by atoms with Crippen LogP contribution in [0.1, 0.15) is 32.8 Å². The second-order valence-electron chi connectivity index (χ2n) is 7.18. The van der Waals surface area contributed by atoms with Crippen LogP contribution in [0, 0.1) is 5.92 Å². The molecule has 154 valence electrons. The predicted octanol–water partition coefficient (Wildman–Crippen LogP) is 2.81. The van der Waals surface area contributed by atoms with Crippen LogP contribution < -0.4 is 10.6 Å². The zero-order valence-electron chi connectivity index (χ0n) is 16.8. The first-order chi connectivity index (χ1) is 12.6. The maximum Gasteiger partial charge on any atom is 0.191 e. The molecule has 27 heavy (non-hydrogen) atoms. The van der Waals surface area contributed by atoms with Crippen molar-refractivity contribution in [1.82, 2.24) is 15.5 Å². The molecular weight excluding hydrogens is 455 g/mol. The van der Waals surface area contributed by atoms with Crippen LogP contribution in [0.25, 0.3) is 0 Å². The van der Waals surface area contributed by atoms with Crippen molar-refractivity contribution in [2.75, 3.05) is 39.4 Å². The molecule has 0 saturated carbocycles. The number of aromatic hydroxyl groups is 1. The van der Waals surface area contributed by atoms with Crippen LogP contribution in [0.5, 0.6) is 5.75 Å². The standard InChI is InChI=1S/C20H34N4O2.HI/c1-4-21-20(22-14-17-6-5-7-19(25)13-17)23-15-18(12-16(2)3)24-8-10-26-11-9-24;/h5-7,13,16,18,25H,4,8-12,14-15H2,1-3H3,(H2,21,22,23);1H. The number of morpholine rings is 1. The molecule has 7 heteroatoms. The van der Waals surface area contributed by atoms with E-state index in [2.05, 4.69) is 41.3 Å². The average Bonchev–Trinajstić information content (AvgIpc) is 2.63. The van der Waals surface area contributed by atoms with E-state index in [-0.39, 0.29) is 29.7 Å². The third-order valence-corrected chi connectivity index (χ3v) is 4.49. The van der Waals surface area contributed by atoms with Crippen LogP contribution in [0.2, 0.25) is 0 Å². The second kappa shape index (κ2) is 13.2. The summed E-state index contributed by atoms with van der Waals surface area (Å²) < 4.78 is 5.50. The van der Waals surface area contributed by atoms with Crippen molar-refractivity contribution in [3.63, 3.8) is 0 Å². The fourth-order valence-electron chi connectivity index (χ4n) is 3.23. The fraction of sp³-hybridized carbons (Fsp3) is 0.650. The largest absolute Gasteiger partial charge is 0.508 e. The monoisotopic (exact) mass is 490 g/mol. The highest BCUT2D eigenvalue weighted by atomic mass is 127. The Balaban J connectivity index is 0.00000364. The molecule has 1 aliphatic heterocycles. The number of phenols is 1. The summed E-state index contributed by atoms with van der Waals surface area (Å²) >= 11 is 0. The molecule has 1 heterocycles. The van der Waals surface area contributed by atoms with Gasteiger partial charge in [0.15, 0.2) is 5.96 Å². The molecule has 0 bridgehead atoms. The Hall–Kier alpha value is -1.06. The number of rotatable bonds is 8. The van der Waals surface area contributed by atoms with Crippen LogP contribution in [0.3, 0.4) is 0 Å². The quantitative estimate of drug-likeness (QED) is 0.297. The van der Waals surface area contributed by atoms with Gasteiger partial charge >= 0.3 is 0 Å². The van der Waals surface area contributed by atoms with E-state index in [9.17, 15) is 5.11 Å². The summed E-state index contributed by atoms with van der Waals surface area (Å²) in [5, 5.41) is 16.4. The lowest BCUT2D eigenvalue weighted by Crippen LogP contribution is -2.51. The van der Waals surface area contributed by atoms with E-state index in [0.29, 0.717) is 18.5 Å². The van der Waals surface area contributed by atoms with Crippen LogP contribution in [0.4, 0.5) is 0 Å². The van der Waals surface area contributed by atoms with E-state index >= 15 is 0 Å². The van der Waals surface area contributed by atoms with Crippen molar-refractivity contribution < 1.29 is 9.84 Å². The van der Waals surface area contributed by atoms with Crippen LogP contribution in [-0.2, 0) is 11.3 Å². The topological polar surface area (TPSA) is 69.1 Å². The van der Waals surface area contributed by atoms with Crippen molar-refractivity contribution in [2.24, 2.45) is 10.9 Å². The van der Waals surface area contributed by atoms with Crippen LogP contribution in [0.15, 0.2) is 29.3 Å². The number of nitrogens with one attached hydrogen (secondary N) is 2. The highest BCUT2D eigenvalue weighted by molar-refractivity contribution is 14.0. The number of aliphatic imine (C=N–C) groups is 1. The van der Waals surface area contributed by atoms with Gasteiger partial charge in [0.1, 0.15) is 5.75 Å². The number of phenolic OH excluding ortho intramolecular Hbond substituents is 1. The number of hydrogen-bond acceptors (Lipinski definition) is 4. The highest BCUT2D eigenvalue weighted by Gasteiger charge is 2.22. The van der Waals surface area contributed by atoms with Gasteiger partial charge in [0.25, 0.3) is 0 Å². The average molecular weight is 490 g/mol. The lowest BCUT2D eigenvalue weighted by molar-refractivity contribution is 0.0132. The maximum atomic E-state index is 9.59. The summed E-state index contributed by atoms with van der Waals surface area (Å²) in [5.74, 6) is 1.74. The minimum atomic E-state index is 0. The van der Waals surface area contributed by atoms with Crippen molar-refractivity contribution in [3.8, 4) is 5.75 Å². The van der Waals surface area contributed by atoms with Crippen LogP contribution in [-0.4, -0.2) is 61.4 Å². The maximum absolute atomic E-state index is 9.59. The Morgan fingerprint density at radius 2 is 2.00 bits per heavy atom. The molecule has 1 aromatic carbocycles. The van der Waals surface area contributed by atoms with Gasteiger partial charge in [-0.25, -0.2) is 4.99 Å². The Labute approximate surface area is 180 Å². The Morgan fingerprint density at radius 1 is 1.26 bits per heavy atom. The first kappa shape index (κ1) is 24.0. The fourth-order valence-corrected chi connectivity index (χ4v) is 3.23. The molecule has 0 spiro atoms. The first-order valence-electron chi connectivity index (χ1n) is 9.70. The molecule has 1 fully saturated rings. The smallest absolute Gasteiger partial charge is 0.191 e. The molecule has 2 rings (SSSR count). The van der Waals surface area contributed by atoms with Gasteiger partial charge in [-0.3, -0.25) is 4.90 Å². The summed E-state index contributed by atoms with van der Waals surface area (Å²) in [6, 6.07) is 7.72. The number of ether oxygens (including phenoxy) is 1. The molecule has 1 unspecified atom stereocenters. The Bertz CT molecular complexity index is 563. The zero-order chi connectivity index (χ0) is 18.8. The second-order valence-corrected chi connectivity index (χ2v) is 7.18. The molecule has 1 saturated heterocycles. The van der Waals surface area contributed by atoms with E-state index in [0.717, 1.165) is 57.3 Å². The SMILES string of the molecule is CCNC(=NCc1cccc(O)c1)NCC(CC(C)C)N1CCOCC1.I. The van der Waals surface area contributed by atoms with Gasteiger partial charge in [-0.1, -0.05) is 26.0 Å². The highest BCUT2D eigenvalue weighted by Crippen LogP contribution is 2.13. The molecule has 1 aromatic rings. The van der Waals surface area contributed by atoms with Crippen molar-refractivity contribution in [2.45, 2.75) is 39.8 Å². The van der Waals surface area contributed by atoms with Gasteiger partial charge in [-0.05, 0) is 37.0 Å². The number of nitrogens with zero attached hydrogens (tertiary/aromatic N) is 2. The van der Waals surface area contributed by atoms with Gasteiger partial charge < -0.3 is 20.5 Å². The third kappa shape index (κ3) is 9.12. The minimum absolute atomic E-state index is 0. The van der Waals surface area contributed by atoms with Crippen molar-refractivity contribution in [1.29, 1.82) is 0 Å². The van der Waals surface area contributed by atoms with Gasteiger partial charge in [0.2, 0.25) is 0 Å². The van der Waals surface area contributed by atoms with Gasteiger partial charge in [-0.15, -0.1) is 24.0 Å². The molecular formula is C20H35IN4O2. The predicted molar refractivity (Wildman–Crippen MR) is 122 cm³/mol. The third-order valence-electron chi connectivity index (χ3n) is 4.49. The van der Waals surface area contributed by atoms with Gasteiger partial charge in [0, 0.05) is 32.2 Å². The van der Waals surface area contributed by atoms with E-state index in [1.165, 1.54) is 0 Å². The lowest BCUT2D eigenvalue weighted by atomic mass is 10.0. The molecule has 0 aromatic heterocycles. The summed E-state index contributed by atoms with van der Waals surface area (Å²) in [6.07, 6.45) is 1.15. The molecule has 3 N–H and O–H groups in total. The summed E-state index contributed by atoms with van der Waals surface area (Å²) in [5.41, 5.74) is 0.995. The number of benzene rings is 1. The number of hydrogen-bond donors (Lipinski definition) is 3. The molecule has 6 nitrogen and oxygen atoms in total. The molecule has 1 aliphatic rings. The van der Waals surface area contributed by atoms with Gasteiger partial charge in [0.05, 0.1) is 19.8 Å². The molecule has 0 aliphatic carbocycles. The number of halogens is 1. The van der Waals surface area contributed by atoms with E-state index in [4.69, 9.17) is 4.74 Å². The first-order valence-corrected chi connectivity index (χ1v) is 9.70. The van der Waals surface area contributed by atoms with E-state index in [1.807, 2.05) is 12.1 Å².